The van der Waals surface area contributed by atoms with E-state index < -0.39 is 0 Å². The standard InChI is InChI=1S/C12H13NO2/c14-11-7-6-10(11)13-12(15)8-9-4-2-1-3-5-9/h1-5,10H,6-8H2,(H,13,15). The van der Waals surface area contributed by atoms with E-state index in [2.05, 4.69) is 5.32 Å². The molecule has 0 aliphatic heterocycles. The van der Waals surface area contributed by atoms with Gasteiger partial charge in [0.05, 0.1) is 12.5 Å². The number of carbonyl (C=O) groups is 2. The average Bonchev–Trinajstić information content (AvgIpc) is 2.25. The number of carbonyl (C=O) groups excluding carboxylic acids is 2. The van der Waals surface area contributed by atoms with Gasteiger partial charge in [-0.25, -0.2) is 0 Å². The molecule has 1 aliphatic carbocycles. The van der Waals surface area contributed by atoms with Crippen molar-refractivity contribution in [2.45, 2.75) is 25.3 Å². The van der Waals surface area contributed by atoms with Gasteiger partial charge in [-0.2, -0.15) is 0 Å². The Kier molecular flexibility index (Phi) is 2.81. The first kappa shape index (κ1) is 9.90. The van der Waals surface area contributed by atoms with Crippen LogP contribution < -0.4 is 5.32 Å². The lowest BCUT2D eigenvalue weighted by Gasteiger charge is -2.24. The summed E-state index contributed by atoms with van der Waals surface area (Å²) in [5.41, 5.74) is 0.974. The number of hydrogen-bond acceptors (Lipinski definition) is 2. The Morgan fingerprint density at radius 2 is 2.07 bits per heavy atom. The molecule has 1 unspecified atom stereocenters. The molecule has 3 nitrogen and oxygen atoms in total. The van der Waals surface area contributed by atoms with Gasteiger partial charge in [0.25, 0.3) is 0 Å². The van der Waals surface area contributed by atoms with Gasteiger partial charge in [0, 0.05) is 6.42 Å². The summed E-state index contributed by atoms with van der Waals surface area (Å²) in [7, 11) is 0. The lowest BCUT2D eigenvalue weighted by atomic mass is 9.91. The van der Waals surface area contributed by atoms with Crippen molar-refractivity contribution in [3.63, 3.8) is 0 Å². The van der Waals surface area contributed by atoms with Crippen LogP contribution in [0.2, 0.25) is 0 Å². The minimum Gasteiger partial charge on any atom is -0.346 e. The molecule has 1 N–H and O–H groups in total. The SMILES string of the molecule is O=C(Cc1ccccc1)NC1CCC1=O. The third-order valence-electron chi connectivity index (χ3n) is 2.61. The van der Waals surface area contributed by atoms with E-state index in [4.69, 9.17) is 0 Å². The van der Waals surface area contributed by atoms with Crippen LogP contribution in [0, 0.1) is 0 Å². The Morgan fingerprint density at radius 1 is 1.33 bits per heavy atom. The van der Waals surface area contributed by atoms with Gasteiger partial charge < -0.3 is 5.32 Å². The van der Waals surface area contributed by atoms with Gasteiger partial charge in [-0.1, -0.05) is 30.3 Å². The highest BCUT2D eigenvalue weighted by Gasteiger charge is 2.28. The maximum atomic E-state index is 11.5. The summed E-state index contributed by atoms with van der Waals surface area (Å²) >= 11 is 0. The van der Waals surface area contributed by atoms with Crippen LogP contribution in [0.15, 0.2) is 30.3 Å². The number of ketones is 1. The Labute approximate surface area is 88.5 Å². The Balaban J connectivity index is 1.85. The first-order chi connectivity index (χ1) is 7.25. The highest BCUT2D eigenvalue weighted by molar-refractivity contribution is 5.93. The summed E-state index contributed by atoms with van der Waals surface area (Å²) < 4.78 is 0. The van der Waals surface area contributed by atoms with Crippen LogP contribution in [0.1, 0.15) is 18.4 Å². The molecule has 1 amide bonds. The van der Waals surface area contributed by atoms with Gasteiger partial charge in [-0.3, -0.25) is 9.59 Å². The summed E-state index contributed by atoms with van der Waals surface area (Å²) in [4.78, 5) is 22.5. The minimum atomic E-state index is -0.221. The molecular formula is C12H13NO2. The molecule has 1 saturated carbocycles. The quantitative estimate of drug-likeness (QED) is 0.799. The third-order valence-corrected chi connectivity index (χ3v) is 2.61. The van der Waals surface area contributed by atoms with Crippen LogP contribution >= 0.6 is 0 Å². The van der Waals surface area contributed by atoms with E-state index in [9.17, 15) is 9.59 Å². The number of Topliss-reactive ketones (excluding diaryl/α,β-unsaturated/α-hetero) is 1. The van der Waals surface area contributed by atoms with Crippen LogP contribution in [-0.2, 0) is 16.0 Å². The monoisotopic (exact) mass is 203 g/mol. The fourth-order valence-electron chi connectivity index (χ4n) is 1.59. The second-order valence-electron chi connectivity index (χ2n) is 3.79. The molecule has 1 atom stereocenters. The molecule has 15 heavy (non-hydrogen) atoms. The number of benzene rings is 1. The summed E-state index contributed by atoms with van der Waals surface area (Å²) in [5.74, 6) is 0.0793. The number of hydrogen-bond donors (Lipinski definition) is 1. The topological polar surface area (TPSA) is 46.2 Å². The zero-order valence-electron chi connectivity index (χ0n) is 8.40. The van der Waals surface area contributed by atoms with E-state index in [0.29, 0.717) is 12.8 Å². The number of amides is 1. The van der Waals surface area contributed by atoms with E-state index in [1.165, 1.54) is 0 Å². The molecule has 1 aromatic rings. The van der Waals surface area contributed by atoms with E-state index in [-0.39, 0.29) is 17.7 Å². The molecule has 0 spiro atoms. The van der Waals surface area contributed by atoms with Crippen molar-refractivity contribution in [3.05, 3.63) is 35.9 Å². The zero-order chi connectivity index (χ0) is 10.7. The van der Waals surface area contributed by atoms with Crippen molar-refractivity contribution in [2.75, 3.05) is 0 Å². The van der Waals surface area contributed by atoms with Gasteiger partial charge in [-0.05, 0) is 12.0 Å². The maximum absolute atomic E-state index is 11.5. The molecule has 0 radical (unpaired) electrons. The van der Waals surface area contributed by atoms with Gasteiger partial charge >= 0.3 is 0 Å². The predicted octanol–water partition coefficient (Wildman–Crippen LogP) is 1.08. The highest BCUT2D eigenvalue weighted by Crippen LogP contribution is 2.13. The van der Waals surface area contributed by atoms with Crippen LogP contribution in [0.5, 0.6) is 0 Å². The highest BCUT2D eigenvalue weighted by atomic mass is 16.2. The molecule has 1 fully saturated rings. The molecule has 0 heterocycles. The summed E-state index contributed by atoms with van der Waals surface area (Å²) in [6.45, 7) is 0. The molecule has 3 heteroatoms. The molecule has 78 valence electrons. The lowest BCUT2D eigenvalue weighted by molar-refractivity contribution is -0.131. The van der Waals surface area contributed by atoms with Crippen molar-refractivity contribution in [3.8, 4) is 0 Å². The third kappa shape index (κ3) is 2.43. The van der Waals surface area contributed by atoms with Gasteiger partial charge in [0.2, 0.25) is 5.91 Å². The van der Waals surface area contributed by atoms with Crippen LogP contribution in [-0.4, -0.2) is 17.7 Å². The fraction of sp³-hybridized carbons (Fsp3) is 0.333. The molecular weight excluding hydrogens is 190 g/mol. The maximum Gasteiger partial charge on any atom is 0.224 e. The van der Waals surface area contributed by atoms with E-state index in [1.807, 2.05) is 30.3 Å². The summed E-state index contributed by atoms with van der Waals surface area (Å²) in [5, 5.41) is 2.73. The fourth-order valence-corrected chi connectivity index (χ4v) is 1.59. The molecule has 0 aromatic heterocycles. The Morgan fingerprint density at radius 3 is 2.60 bits per heavy atom. The molecule has 2 rings (SSSR count). The van der Waals surface area contributed by atoms with Gasteiger partial charge in [0.15, 0.2) is 5.78 Å². The first-order valence-corrected chi connectivity index (χ1v) is 5.12. The normalized spacial score (nSPS) is 19.5. The molecule has 1 aromatic carbocycles. The Bertz CT molecular complexity index is 372. The summed E-state index contributed by atoms with van der Waals surface area (Å²) in [6.07, 6.45) is 1.75. The van der Waals surface area contributed by atoms with Crippen LogP contribution in [0.25, 0.3) is 0 Å². The number of rotatable bonds is 3. The van der Waals surface area contributed by atoms with Crippen molar-refractivity contribution >= 4 is 11.7 Å². The van der Waals surface area contributed by atoms with Gasteiger partial charge in [0.1, 0.15) is 0 Å². The van der Waals surface area contributed by atoms with Crippen molar-refractivity contribution in [1.29, 1.82) is 0 Å². The van der Waals surface area contributed by atoms with Crippen LogP contribution in [0.3, 0.4) is 0 Å². The molecule has 1 aliphatic rings. The zero-order valence-corrected chi connectivity index (χ0v) is 8.40. The molecule has 0 bridgehead atoms. The van der Waals surface area contributed by atoms with E-state index >= 15 is 0 Å². The second kappa shape index (κ2) is 4.26. The smallest absolute Gasteiger partial charge is 0.224 e. The van der Waals surface area contributed by atoms with Crippen molar-refractivity contribution in [2.24, 2.45) is 0 Å². The first-order valence-electron chi connectivity index (χ1n) is 5.12. The lowest BCUT2D eigenvalue weighted by Crippen LogP contribution is -2.47. The average molecular weight is 203 g/mol. The van der Waals surface area contributed by atoms with Gasteiger partial charge in [-0.15, -0.1) is 0 Å². The second-order valence-corrected chi connectivity index (χ2v) is 3.79. The van der Waals surface area contributed by atoms with Crippen LogP contribution in [0.4, 0.5) is 0 Å². The van der Waals surface area contributed by atoms with Crippen molar-refractivity contribution < 1.29 is 9.59 Å². The summed E-state index contributed by atoms with van der Waals surface area (Å²) in [6, 6.07) is 9.30. The largest absolute Gasteiger partial charge is 0.346 e. The predicted molar refractivity (Wildman–Crippen MR) is 56.3 cm³/mol. The van der Waals surface area contributed by atoms with E-state index in [1.54, 1.807) is 0 Å². The van der Waals surface area contributed by atoms with E-state index in [0.717, 1.165) is 12.0 Å². The van der Waals surface area contributed by atoms with Crippen molar-refractivity contribution in [1.82, 2.24) is 5.32 Å². The number of nitrogens with one attached hydrogen (secondary N) is 1. The Hall–Kier alpha value is -1.64. The molecule has 0 saturated heterocycles. The minimum absolute atomic E-state index is 0.0701.